The highest BCUT2D eigenvalue weighted by atomic mass is 35.5. The third kappa shape index (κ3) is 4.69. The number of hydrogen-bond acceptors (Lipinski definition) is 2. The molecule has 0 bridgehead atoms. The molecule has 0 N–H and O–H groups in total. The van der Waals surface area contributed by atoms with Crippen molar-refractivity contribution in [1.82, 2.24) is 0 Å². The molecular weight excluding hydrogens is 479 g/mol. The third-order valence-corrected chi connectivity index (χ3v) is 6.99. The monoisotopic (exact) mass is 499 g/mol. The molecule has 0 spiro atoms. The van der Waals surface area contributed by atoms with Crippen molar-refractivity contribution in [2.24, 2.45) is 0 Å². The van der Waals surface area contributed by atoms with Crippen LogP contribution in [-0.2, 0) is 6.54 Å². The summed E-state index contributed by atoms with van der Waals surface area (Å²) in [5.74, 6) is -9.52. The number of nitrogens with zero attached hydrogens (tertiary/aromatic N) is 2. The Balaban J connectivity index is 1.53. The van der Waals surface area contributed by atoms with Crippen LogP contribution in [-0.4, -0.2) is 31.7 Å². The topological polar surface area (TPSA) is 3.24 Å². The Morgan fingerprint density at radius 1 is 0.818 bits per heavy atom. The molecule has 1 aliphatic rings. The number of rotatable bonds is 6. The summed E-state index contributed by atoms with van der Waals surface area (Å²) in [5.41, 5.74) is 1.20. The van der Waals surface area contributed by atoms with Crippen molar-refractivity contribution < 1.29 is 26.4 Å². The molecule has 0 saturated heterocycles. The first kappa shape index (κ1) is 23.9. The Kier molecular flexibility index (Phi) is 6.62. The first-order valence-corrected chi connectivity index (χ1v) is 11.4. The first-order chi connectivity index (χ1) is 15.6. The van der Waals surface area contributed by atoms with Crippen molar-refractivity contribution in [3.05, 3.63) is 82.1 Å². The zero-order valence-corrected chi connectivity index (χ0v) is 19.5. The Morgan fingerprint density at radius 2 is 1.42 bits per heavy atom. The van der Waals surface area contributed by atoms with E-state index in [2.05, 4.69) is 4.90 Å². The van der Waals surface area contributed by atoms with Crippen molar-refractivity contribution >= 4 is 34.7 Å². The van der Waals surface area contributed by atoms with Gasteiger partial charge in [0.05, 0.1) is 37.6 Å². The molecule has 1 aliphatic heterocycles. The molecule has 0 saturated carbocycles. The zero-order valence-electron chi connectivity index (χ0n) is 17.9. The summed E-state index contributed by atoms with van der Waals surface area (Å²) in [6.45, 7) is 0.700. The number of fused-ring (bicyclic) bond motifs is 2. The molecule has 1 heterocycles. The standard InChI is InChI=1S/C24H21ClF5N2S/c1-32(2,13-15-20(26)22(28)24(30)23(29)21(15)27)11-5-10-31-16-6-3-4-7-18(16)33-19-9-8-14(25)12-17(19)31/h3-4,6-9,12H,5,10-11,13H2,1-2H3/q+1. The van der Waals surface area contributed by atoms with Crippen LogP contribution in [0.3, 0.4) is 0 Å². The molecule has 0 atom stereocenters. The highest BCUT2D eigenvalue weighted by molar-refractivity contribution is 7.99. The molecule has 0 aliphatic carbocycles. The molecule has 3 aromatic rings. The van der Waals surface area contributed by atoms with E-state index in [0.29, 0.717) is 24.5 Å². The highest BCUT2D eigenvalue weighted by Crippen LogP contribution is 2.48. The van der Waals surface area contributed by atoms with Gasteiger partial charge in [0.2, 0.25) is 5.82 Å². The minimum atomic E-state index is -2.14. The molecule has 33 heavy (non-hydrogen) atoms. The van der Waals surface area contributed by atoms with Gasteiger partial charge in [-0.3, -0.25) is 0 Å². The van der Waals surface area contributed by atoms with Crippen LogP contribution in [0.15, 0.2) is 52.3 Å². The molecule has 0 fully saturated rings. The summed E-state index contributed by atoms with van der Waals surface area (Å²) in [7, 11) is 3.39. The van der Waals surface area contributed by atoms with E-state index in [9.17, 15) is 22.0 Å². The van der Waals surface area contributed by atoms with Crippen molar-refractivity contribution in [1.29, 1.82) is 0 Å². The van der Waals surface area contributed by atoms with Crippen molar-refractivity contribution in [3.63, 3.8) is 0 Å². The Morgan fingerprint density at radius 3 is 2.12 bits per heavy atom. The van der Waals surface area contributed by atoms with Gasteiger partial charge in [-0.05, 0) is 30.3 Å². The van der Waals surface area contributed by atoms with Crippen molar-refractivity contribution in [3.8, 4) is 0 Å². The van der Waals surface area contributed by atoms with Crippen LogP contribution in [0.4, 0.5) is 33.3 Å². The van der Waals surface area contributed by atoms with E-state index in [0.717, 1.165) is 21.2 Å². The van der Waals surface area contributed by atoms with Gasteiger partial charge in [-0.25, -0.2) is 22.0 Å². The summed E-state index contributed by atoms with van der Waals surface area (Å²) in [6, 6.07) is 13.7. The summed E-state index contributed by atoms with van der Waals surface area (Å²) < 4.78 is 68.9. The average Bonchev–Trinajstić information content (AvgIpc) is 2.79. The minimum Gasteiger partial charge on any atom is -0.339 e. The molecule has 0 amide bonds. The lowest BCUT2D eigenvalue weighted by atomic mass is 10.1. The van der Waals surface area contributed by atoms with Gasteiger partial charge in [-0.15, -0.1) is 0 Å². The largest absolute Gasteiger partial charge is 0.339 e. The second-order valence-electron chi connectivity index (χ2n) is 8.55. The van der Waals surface area contributed by atoms with Crippen LogP contribution in [0.5, 0.6) is 0 Å². The van der Waals surface area contributed by atoms with Crippen LogP contribution >= 0.6 is 23.4 Å². The van der Waals surface area contributed by atoms with Crippen LogP contribution in [0.25, 0.3) is 0 Å². The summed E-state index contributed by atoms with van der Waals surface area (Å²) in [4.78, 5) is 4.31. The number of benzene rings is 3. The summed E-state index contributed by atoms with van der Waals surface area (Å²) >= 11 is 7.89. The summed E-state index contributed by atoms with van der Waals surface area (Å²) in [6.07, 6.45) is 0.605. The SMILES string of the molecule is C[N+](C)(CCCN1c2ccccc2Sc2ccc(Cl)cc21)Cc1c(F)c(F)c(F)c(F)c1F. The second kappa shape index (κ2) is 9.16. The zero-order chi connectivity index (χ0) is 23.9. The smallest absolute Gasteiger partial charge is 0.200 e. The second-order valence-corrected chi connectivity index (χ2v) is 10.1. The molecule has 0 radical (unpaired) electrons. The number of para-hydroxylation sites is 1. The van der Waals surface area contributed by atoms with E-state index >= 15 is 0 Å². The molecule has 2 nitrogen and oxygen atoms in total. The van der Waals surface area contributed by atoms with E-state index in [4.69, 9.17) is 11.6 Å². The molecular formula is C24H21ClF5N2S+. The number of quaternary nitrogens is 1. The van der Waals surface area contributed by atoms with E-state index in [1.165, 1.54) is 0 Å². The molecule has 3 aromatic carbocycles. The molecule has 174 valence electrons. The maximum Gasteiger partial charge on any atom is 0.200 e. The maximum absolute atomic E-state index is 14.2. The van der Waals surface area contributed by atoms with Crippen LogP contribution < -0.4 is 4.90 Å². The van der Waals surface area contributed by atoms with Crippen LogP contribution in [0, 0.1) is 29.1 Å². The van der Waals surface area contributed by atoms with Gasteiger partial charge < -0.3 is 9.38 Å². The molecule has 9 heteroatoms. The summed E-state index contributed by atoms with van der Waals surface area (Å²) in [5, 5.41) is 0.612. The lowest BCUT2D eigenvalue weighted by Gasteiger charge is -2.35. The minimum absolute atomic E-state index is 0.0466. The first-order valence-electron chi connectivity index (χ1n) is 10.3. The van der Waals surface area contributed by atoms with Gasteiger partial charge in [-0.2, -0.15) is 0 Å². The fraction of sp³-hybridized carbons (Fsp3) is 0.250. The Labute approximate surface area is 198 Å². The lowest BCUT2D eigenvalue weighted by molar-refractivity contribution is -0.903. The van der Waals surface area contributed by atoms with Gasteiger partial charge >= 0.3 is 0 Å². The van der Waals surface area contributed by atoms with Gasteiger partial charge in [0.25, 0.3) is 0 Å². The van der Waals surface area contributed by atoms with Gasteiger partial charge in [0.1, 0.15) is 6.54 Å². The van der Waals surface area contributed by atoms with Gasteiger partial charge in [-0.1, -0.05) is 35.5 Å². The Bertz CT molecular complexity index is 1190. The van der Waals surface area contributed by atoms with E-state index < -0.39 is 34.6 Å². The number of hydrogen-bond donors (Lipinski definition) is 0. The van der Waals surface area contributed by atoms with Gasteiger partial charge in [0, 0.05) is 27.8 Å². The fourth-order valence-corrected chi connectivity index (χ4v) is 5.24. The number of anilines is 2. The molecule has 0 aromatic heterocycles. The predicted molar refractivity (Wildman–Crippen MR) is 121 cm³/mol. The van der Waals surface area contributed by atoms with E-state index in [1.54, 1.807) is 25.9 Å². The Hall–Kier alpha value is -2.29. The normalized spacial score (nSPS) is 13.2. The third-order valence-electron chi connectivity index (χ3n) is 5.62. The van der Waals surface area contributed by atoms with E-state index in [-0.39, 0.29) is 11.0 Å². The van der Waals surface area contributed by atoms with Crippen molar-refractivity contribution in [2.45, 2.75) is 22.8 Å². The molecule has 4 rings (SSSR count). The highest BCUT2D eigenvalue weighted by Gasteiger charge is 2.30. The molecule has 0 unspecified atom stereocenters. The maximum atomic E-state index is 14.2. The fourth-order valence-electron chi connectivity index (χ4n) is 4.00. The lowest BCUT2D eigenvalue weighted by Crippen LogP contribution is -2.41. The van der Waals surface area contributed by atoms with E-state index in [1.807, 2.05) is 42.5 Å². The number of halogens is 6. The predicted octanol–water partition coefficient (Wildman–Crippen LogP) is 7.30. The van der Waals surface area contributed by atoms with Crippen LogP contribution in [0.2, 0.25) is 5.02 Å². The van der Waals surface area contributed by atoms with Crippen molar-refractivity contribution in [2.75, 3.05) is 32.1 Å². The quantitative estimate of drug-likeness (QED) is 0.151. The average molecular weight is 500 g/mol. The van der Waals surface area contributed by atoms with Crippen LogP contribution in [0.1, 0.15) is 12.0 Å². The van der Waals surface area contributed by atoms with Gasteiger partial charge in [0.15, 0.2) is 23.3 Å².